The summed E-state index contributed by atoms with van der Waals surface area (Å²) in [7, 11) is 0. The normalized spacial score (nSPS) is 22.0. The number of amides is 4. The molecule has 1 heterocycles. The topological polar surface area (TPSA) is 177 Å². The highest BCUT2D eigenvalue weighted by atomic mass is 32.2. The van der Waals surface area contributed by atoms with Crippen molar-refractivity contribution in [3.8, 4) is 5.75 Å². The number of rotatable bonds is 7. The van der Waals surface area contributed by atoms with E-state index in [9.17, 15) is 24.3 Å². The molecule has 0 aromatic heterocycles. The van der Waals surface area contributed by atoms with Gasteiger partial charge >= 0.3 is 0 Å². The summed E-state index contributed by atoms with van der Waals surface area (Å²) in [6.07, 6.45) is 0.406. The van der Waals surface area contributed by atoms with Gasteiger partial charge in [0.2, 0.25) is 23.6 Å². The molecular weight excluding hydrogens is 526 g/mol. The van der Waals surface area contributed by atoms with Crippen molar-refractivity contribution in [3.05, 3.63) is 65.7 Å². The van der Waals surface area contributed by atoms with Crippen LogP contribution in [0.5, 0.6) is 5.75 Å². The number of hydrogen-bond acceptors (Lipinski definition) is 8. The molecule has 1 aliphatic heterocycles. The van der Waals surface area contributed by atoms with Crippen molar-refractivity contribution in [3.63, 3.8) is 0 Å². The number of thioether (sulfide) groups is 2. The third kappa shape index (κ3) is 9.26. The molecule has 1 fully saturated rings. The molecule has 4 atom stereocenters. The molecule has 8 N–H and O–H groups in total. The van der Waals surface area contributed by atoms with Gasteiger partial charge in [0.05, 0.1) is 6.04 Å². The Labute approximate surface area is 230 Å². The van der Waals surface area contributed by atoms with Crippen LogP contribution in [0, 0.1) is 0 Å². The molecule has 12 heteroatoms. The van der Waals surface area contributed by atoms with E-state index in [4.69, 9.17) is 11.5 Å². The highest BCUT2D eigenvalue weighted by Gasteiger charge is 2.30. The molecule has 204 valence electrons. The summed E-state index contributed by atoms with van der Waals surface area (Å²) in [6.45, 7) is 0. The van der Waals surface area contributed by atoms with Crippen LogP contribution >= 0.6 is 23.5 Å². The van der Waals surface area contributed by atoms with Gasteiger partial charge in [-0.15, -0.1) is 0 Å². The monoisotopic (exact) mass is 559 g/mol. The molecule has 0 radical (unpaired) electrons. The van der Waals surface area contributed by atoms with Crippen LogP contribution in [0.2, 0.25) is 0 Å². The van der Waals surface area contributed by atoms with Gasteiger partial charge in [-0.3, -0.25) is 19.2 Å². The maximum atomic E-state index is 13.3. The number of carbonyl (C=O) groups excluding carboxylic acids is 4. The molecule has 38 heavy (non-hydrogen) atoms. The second kappa shape index (κ2) is 14.6. The average molecular weight is 560 g/mol. The zero-order valence-corrected chi connectivity index (χ0v) is 22.4. The number of nitrogens with one attached hydrogen (secondary N) is 3. The average Bonchev–Trinajstić information content (AvgIpc) is 2.90. The number of aromatic hydroxyl groups is 1. The van der Waals surface area contributed by atoms with Crippen LogP contribution in [0.4, 0.5) is 0 Å². The van der Waals surface area contributed by atoms with Crippen LogP contribution in [0.3, 0.4) is 0 Å². The van der Waals surface area contributed by atoms with Gasteiger partial charge in [0, 0.05) is 29.4 Å². The molecule has 4 amide bonds. The molecule has 0 spiro atoms. The van der Waals surface area contributed by atoms with E-state index in [2.05, 4.69) is 16.0 Å². The van der Waals surface area contributed by atoms with Crippen molar-refractivity contribution in [1.29, 1.82) is 0 Å². The first kappa shape index (κ1) is 29.3. The number of nitrogens with two attached hydrogens (primary N) is 2. The fourth-order valence-corrected chi connectivity index (χ4v) is 5.99. The molecule has 3 rings (SSSR count). The van der Waals surface area contributed by atoms with E-state index in [0.717, 1.165) is 11.1 Å². The number of hydrogen-bond donors (Lipinski definition) is 6. The summed E-state index contributed by atoms with van der Waals surface area (Å²) < 4.78 is 0. The minimum Gasteiger partial charge on any atom is -0.508 e. The number of phenolic OH excluding ortho intramolecular Hbond substituents is 1. The summed E-state index contributed by atoms with van der Waals surface area (Å²) >= 11 is 2.95. The zero-order valence-electron chi connectivity index (χ0n) is 20.8. The Morgan fingerprint density at radius 3 is 2.26 bits per heavy atom. The lowest BCUT2D eigenvalue weighted by Gasteiger charge is -2.25. The van der Waals surface area contributed by atoms with Crippen LogP contribution in [-0.2, 0) is 32.0 Å². The molecule has 0 aliphatic carbocycles. The van der Waals surface area contributed by atoms with Crippen LogP contribution < -0.4 is 27.4 Å². The summed E-state index contributed by atoms with van der Waals surface area (Å²) in [6, 6.07) is 11.8. The van der Waals surface area contributed by atoms with E-state index in [-0.39, 0.29) is 24.3 Å². The minimum atomic E-state index is -0.993. The van der Waals surface area contributed by atoms with Crippen molar-refractivity contribution in [1.82, 2.24) is 16.0 Å². The fourth-order valence-electron chi connectivity index (χ4n) is 3.76. The molecule has 1 saturated heterocycles. The van der Waals surface area contributed by atoms with Gasteiger partial charge in [-0.05, 0) is 29.7 Å². The lowest BCUT2D eigenvalue weighted by Crippen LogP contribution is -2.59. The predicted molar refractivity (Wildman–Crippen MR) is 150 cm³/mol. The van der Waals surface area contributed by atoms with Crippen molar-refractivity contribution in [2.75, 3.05) is 23.0 Å². The largest absolute Gasteiger partial charge is 0.508 e. The highest BCUT2D eigenvalue weighted by molar-refractivity contribution is 8.03. The molecule has 2 aromatic rings. The Kier molecular flexibility index (Phi) is 11.3. The molecule has 0 bridgehead atoms. The van der Waals surface area contributed by atoms with Crippen LogP contribution in [0.15, 0.2) is 54.6 Å². The quantitative estimate of drug-likeness (QED) is 0.273. The lowest BCUT2D eigenvalue weighted by atomic mass is 10.0. The Morgan fingerprint density at radius 2 is 1.61 bits per heavy atom. The third-order valence-corrected chi connectivity index (χ3v) is 8.26. The zero-order chi connectivity index (χ0) is 27.5. The maximum absolute atomic E-state index is 13.3. The molecule has 0 saturated carbocycles. The minimum absolute atomic E-state index is 0.110. The molecule has 2 unspecified atom stereocenters. The van der Waals surface area contributed by atoms with Crippen LogP contribution in [0.1, 0.15) is 11.1 Å². The Bertz CT molecular complexity index is 1100. The van der Waals surface area contributed by atoms with Crippen molar-refractivity contribution in [2.24, 2.45) is 11.5 Å². The van der Waals surface area contributed by atoms with Crippen LogP contribution in [0.25, 0.3) is 0 Å². The molecule has 1 aliphatic rings. The first-order chi connectivity index (χ1) is 18.2. The smallest absolute Gasteiger partial charge is 0.244 e. The lowest BCUT2D eigenvalue weighted by molar-refractivity contribution is -0.133. The number of primary amides is 1. The molecule has 10 nitrogen and oxygen atoms in total. The van der Waals surface area contributed by atoms with E-state index < -0.39 is 47.8 Å². The number of phenols is 1. The second-order valence-corrected chi connectivity index (χ2v) is 11.2. The first-order valence-corrected chi connectivity index (χ1v) is 14.5. The summed E-state index contributed by atoms with van der Waals surface area (Å²) in [5.74, 6) is -0.172. The fraction of sp³-hybridized carbons (Fsp3) is 0.385. The van der Waals surface area contributed by atoms with Gasteiger partial charge in [-0.1, -0.05) is 42.5 Å². The van der Waals surface area contributed by atoms with Crippen molar-refractivity contribution in [2.45, 2.75) is 37.0 Å². The van der Waals surface area contributed by atoms with Gasteiger partial charge in [-0.2, -0.15) is 23.5 Å². The SMILES string of the molecule is NC(=O)[C@H]1CSCCSCC(NC(=O)[C@@H](N)Cc2ccc(O)cc2)C(=O)NC(Cc2ccccc2)C(=O)N1. The van der Waals surface area contributed by atoms with Crippen molar-refractivity contribution < 1.29 is 24.3 Å². The molecule has 2 aromatic carbocycles. The highest BCUT2D eigenvalue weighted by Crippen LogP contribution is 2.14. The van der Waals surface area contributed by atoms with Gasteiger partial charge in [0.15, 0.2) is 0 Å². The van der Waals surface area contributed by atoms with Gasteiger partial charge < -0.3 is 32.5 Å². The van der Waals surface area contributed by atoms with E-state index >= 15 is 0 Å². The van der Waals surface area contributed by atoms with E-state index in [1.165, 1.54) is 35.7 Å². The molecular formula is C26H33N5O5S2. The number of carbonyl (C=O) groups is 4. The number of benzene rings is 2. The predicted octanol–water partition coefficient (Wildman–Crippen LogP) is -0.0756. The van der Waals surface area contributed by atoms with E-state index in [1.54, 1.807) is 12.1 Å². The third-order valence-electron chi connectivity index (χ3n) is 5.88. The first-order valence-electron chi connectivity index (χ1n) is 12.2. The van der Waals surface area contributed by atoms with Gasteiger partial charge in [0.25, 0.3) is 0 Å². The summed E-state index contributed by atoms with van der Waals surface area (Å²) in [5, 5.41) is 17.6. The summed E-state index contributed by atoms with van der Waals surface area (Å²) in [5.41, 5.74) is 13.2. The summed E-state index contributed by atoms with van der Waals surface area (Å²) in [4.78, 5) is 51.4. The van der Waals surface area contributed by atoms with E-state index in [0.29, 0.717) is 17.3 Å². The standard InChI is InChI=1S/C26H33N5O5S2/c27-19(12-17-6-8-18(32)9-7-17)24(34)31-22-15-38-11-10-37-14-21(23(28)33)30-25(35)20(29-26(22)36)13-16-4-2-1-3-5-16/h1-9,19-22,32H,10-15,27H2,(H2,28,33)(H,29,36)(H,30,35)(H,31,34)/t19-,20?,21+,22?/m0/s1. The second-order valence-electron chi connectivity index (χ2n) is 8.90. The van der Waals surface area contributed by atoms with Crippen molar-refractivity contribution >= 4 is 47.2 Å². The maximum Gasteiger partial charge on any atom is 0.244 e. The van der Waals surface area contributed by atoms with Gasteiger partial charge in [0.1, 0.15) is 23.9 Å². The van der Waals surface area contributed by atoms with Crippen LogP contribution in [-0.4, -0.2) is 75.9 Å². The van der Waals surface area contributed by atoms with E-state index in [1.807, 2.05) is 30.3 Å². The Balaban J connectivity index is 1.75. The van der Waals surface area contributed by atoms with Gasteiger partial charge in [-0.25, -0.2) is 0 Å². The Morgan fingerprint density at radius 1 is 0.947 bits per heavy atom. The Hall–Kier alpha value is -3.22.